The van der Waals surface area contributed by atoms with Crippen molar-refractivity contribution in [1.82, 2.24) is 24.6 Å². The maximum Gasteiger partial charge on any atom is 0.333 e. The first-order valence-corrected chi connectivity index (χ1v) is 24.0. The summed E-state index contributed by atoms with van der Waals surface area (Å²) in [6.45, 7) is 15.4. The van der Waals surface area contributed by atoms with Crippen LogP contribution >= 0.6 is 0 Å². The molecule has 3 aromatic carbocycles. The summed E-state index contributed by atoms with van der Waals surface area (Å²) < 4.78 is 23.1. The van der Waals surface area contributed by atoms with Crippen LogP contribution in [-0.4, -0.2) is 113 Å². The average molecular weight is 954 g/mol. The lowest BCUT2D eigenvalue weighted by atomic mass is 9.95. The van der Waals surface area contributed by atoms with Gasteiger partial charge in [-0.2, -0.15) is 5.10 Å². The number of aryl methyl sites for hydroxylation is 3. The first kappa shape index (κ1) is 47.7. The first-order chi connectivity index (χ1) is 33.5. The van der Waals surface area contributed by atoms with Crippen molar-refractivity contribution in [2.24, 2.45) is 17.1 Å². The Morgan fingerprint density at radius 3 is 2.24 bits per heavy atom. The Balaban J connectivity index is 0.769. The molecule has 0 aliphatic carbocycles. The number of fused-ring (bicyclic) bond motifs is 2. The van der Waals surface area contributed by atoms with Gasteiger partial charge in [0.1, 0.15) is 28.7 Å². The van der Waals surface area contributed by atoms with E-state index in [1.165, 1.54) is 19.1 Å². The van der Waals surface area contributed by atoms with Crippen LogP contribution in [0.1, 0.15) is 77.6 Å². The summed E-state index contributed by atoms with van der Waals surface area (Å²) in [6.07, 6.45) is 2.93. The highest BCUT2D eigenvalue weighted by atomic mass is 19.1. The number of nitrogens with zero attached hydrogens (tertiary/aromatic N) is 8. The standard InChI is InChI=1S/C52H60FN11O6/c1-32-7-6-8-42(55-32)57-49(67)39-14-15-40(45(53)33(39)2)46-44(47(54)66)48-56-41-16-13-38(29-35(41)19-24-64(48)58-46)61-27-25-59(26-28-61)30-34-17-21-60(22-18-34)36-9-11-37(12-10-36)62-23-20-43(65)63(51(62)69)31-70-50(68)52(3,4)5/h6-16,29,34,56H,17-28,30-31H2,1-5H3,(H2,54,66)(H,55,57,67). The topological polar surface area (TPSA) is 192 Å². The molecule has 4 aliphatic rings. The van der Waals surface area contributed by atoms with Crippen LogP contribution in [-0.2, 0) is 27.3 Å². The Kier molecular flexibility index (Phi) is 13.3. The van der Waals surface area contributed by atoms with E-state index in [1.807, 2.05) is 43.3 Å². The molecule has 18 heteroatoms. The smallest absolute Gasteiger partial charge is 0.333 e. The van der Waals surface area contributed by atoms with Crippen LogP contribution in [0, 0.1) is 31.0 Å². The number of carbonyl (C=O) groups excluding carboxylic acids is 5. The summed E-state index contributed by atoms with van der Waals surface area (Å²) >= 11 is 0. The van der Waals surface area contributed by atoms with Gasteiger partial charge < -0.3 is 30.9 Å². The van der Waals surface area contributed by atoms with Crippen LogP contribution in [0.4, 0.5) is 43.6 Å². The number of nitrogens with two attached hydrogens (primary N) is 1. The minimum atomic E-state index is -0.747. The largest absolute Gasteiger partial charge is 0.443 e. The Morgan fingerprint density at radius 1 is 0.843 bits per heavy atom. The van der Waals surface area contributed by atoms with Gasteiger partial charge in [0.2, 0.25) is 5.91 Å². The van der Waals surface area contributed by atoms with E-state index in [0.717, 1.165) is 91.9 Å². The van der Waals surface area contributed by atoms with Crippen molar-refractivity contribution in [3.63, 3.8) is 0 Å². The predicted molar refractivity (Wildman–Crippen MR) is 266 cm³/mol. The lowest BCUT2D eigenvalue weighted by molar-refractivity contribution is -0.158. The number of benzene rings is 3. The van der Waals surface area contributed by atoms with Crippen LogP contribution in [0.3, 0.4) is 0 Å². The molecule has 70 heavy (non-hydrogen) atoms. The van der Waals surface area contributed by atoms with Gasteiger partial charge in [-0.05, 0) is 138 Å². The second-order valence-corrected chi connectivity index (χ2v) is 19.6. The molecule has 6 heterocycles. The van der Waals surface area contributed by atoms with Gasteiger partial charge in [-0.25, -0.2) is 23.8 Å². The molecule has 0 unspecified atom stereocenters. The van der Waals surface area contributed by atoms with Crippen molar-refractivity contribution in [3.8, 4) is 11.3 Å². The summed E-state index contributed by atoms with van der Waals surface area (Å²) in [6, 6.07) is 21.9. The van der Waals surface area contributed by atoms with Crippen molar-refractivity contribution in [2.45, 2.75) is 66.8 Å². The highest BCUT2D eigenvalue weighted by molar-refractivity contribution is 6.07. The molecular weight excluding hydrogens is 894 g/mol. The lowest BCUT2D eigenvalue weighted by Crippen LogP contribution is -2.53. The van der Waals surface area contributed by atoms with E-state index in [-0.39, 0.29) is 46.8 Å². The van der Waals surface area contributed by atoms with Gasteiger partial charge in [0.05, 0.1) is 5.41 Å². The van der Waals surface area contributed by atoms with Crippen LogP contribution in [0.5, 0.6) is 0 Å². The van der Waals surface area contributed by atoms with Gasteiger partial charge in [0.25, 0.3) is 11.8 Å². The molecule has 0 spiro atoms. The fourth-order valence-electron chi connectivity index (χ4n) is 9.71. The molecule has 4 N–H and O–H groups in total. The van der Waals surface area contributed by atoms with E-state index in [2.05, 4.69) is 42.5 Å². The number of urea groups is 1. The number of piperidine rings is 1. The predicted octanol–water partition coefficient (Wildman–Crippen LogP) is 7.10. The van der Waals surface area contributed by atoms with Crippen molar-refractivity contribution < 1.29 is 33.1 Å². The second-order valence-electron chi connectivity index (χ2n) is 19.6. The molecule has 3 saturated heterocycles. The summed E-state index contributed by atoms with van der Waals surface area (Å²) in [5.74, 6) is -1.41. The molecule has 366 valence electrons. The number of aromatic nitrogens is 3. The summed E-state index contributed by atoms with van der Waals surface area (Å²) in [4.78, 5) is 78.6. The Hall–Kier alpha value is -7.34. The number of ether oxygens (including phenoxy) is 1. The van der Waals surface area contributed by atoms with E-state index in [9.17, 15) is 24.0 Å². The van der Waals surface area contributed by atoms with Crippen molar-refractivity contribution in [3.05, 3.63) is 107 Å². The van der Waals surface area contributed by atoms with Gasteiger partial charge in [0.15, 0.2) is 6.73 Å². The quantitative estimate of drug-likeness (QED) is 0.114. The molecule has 2 aromatic heterocycles. The van der Waals surface area contributed by atoms with Crippen molar-refractivity contribution in [2.75, 3.05) is 84.4 Å². The summed E-state index contributed by atoms with van der Waals surface area (Å²) in [5.41, 5.74) is 11.3. The molecule has 5 aromatic rings. The minimum Gasteiger partial charge on any atom is -0.443 e. The summed E-state index contributed by atoms with van der Waals surface area (Å²) in [5, 5.41) is 10.8. The van der Waals surface area contributed by atoms with Gasteiger partial charge >= 0.3 is 12.0 Å². The number of nitrogens with one attached hydrogen (secondary N) is 2. The number of rotatable bonds is 11. The highest BCUT2D eigenvalue weighted by Crippen LogP contribution is 2.38. The second kappa shape index (κ2) is 19.6. The number of esters is 1. The van der Waals surface area contributed by atoms with Crippen LogP contribution in [0.25, 0.3) is 11.3 Å². The molecular formula is C52H60FN11O6. The fraction of sp³-hybridized carbons (Fsp3) is 0.404. The number of pyridine rings is 1. The Labute approximate surface area is 406 Å². The van der Waals surface area contributed by atoms with E-state index >= 15 is 4.39 Å². The number of halogens is 1. The number of primary amides is 1. The van der Waals surface area contributed by atoms with E-state index in [0.29, 0.717) is 36.2 Å². The molecule has 0 radical (unpaired) electrons. The molecule has 17 nitrogen and oxygen atoms in total. The zero-order valence-electron chi connectivity index (χ0n) is 40.4. The minimum absolute atomic E-state index is 0.0734. The third-order valence-corrected chi connectivity index (χ3v) is 13.8. The fourth-order valence-corrected chi connectivity index (χ4v) is 9.71. The van der Waals surface area contributed by atoms with Gasteiger partial charge in [-0.1, -0.05) is 6.07 Å². The van der Waals surface area contributed by atoms with Crippen LogP contribution in [0.2, 0.25) is 0 Å². The number of carbonyl (C=O) groups is 5. The molecule has 3 fully saturated rings. The third-order valence-electron chi connectivity index (χ3n) is 13.8. The number of hydrogen-bond acceptors (Lipinski definition) is 12. The van der Waals surface area contributed by atoms with Gasteiger partial charge in [-0.3, -0.25) is 29.0 Å². The zero-order valence-corrected chi connectivity index (χ0v) is 40.4. The van der Waals surface area contributed by atoms with E-state index in [4.69, 9.17) is 15.6 Å². The normalized spacial score (nSPS) is 16.9. The first-order valence-electron chi connectivity index (χ1n) is 24.0. The maximum absolute atomic E-state index is 16.2. The average Bonchev–Trinajstić information content (AvgIpc) is 3.60. The molecule has 9 rings (SSSR count). The molecule has 4 aliphatic heterocycles. The Morgan fingerprint density at radius 2 is 1.54 bits per heavy atom. The van der Waals surface area contributed by atoms with Gasteiger partial charge in [-0.15, -0.1) is 0 Å². The third kappa shape index (κ3) is 9.90. The van der Waals surface area contributed by atoms with E-state index in [1.54, 1.807) is 42.5 Å². The van der Waals surface area contributed by atoms with Crippen LogP contribution < -0.4 is 31.1 Å². The number of anilines is 6. The SMILES string of the molecule is Cc1cccc(NC(=O)c2ccc(-c3nn4c(c3C(N)=O)Nc3ccc(N5CCN(CC6CCN(c7ccc(N8CCC(=O)N(COC(=O)C(C)(C)C)C8=O)cc7)CC6)CC5)cc3CC4)c(F)c2C)n1. The number of imide groups is 1. The monoisotopic (exact) mass is 953 g/mol. The van der Waals surface area contributed by atoms with E-state index < -0.39 is 41.8 Å². The maximum atomic E-state index is 16.2. The number of piperazine rings is 1. The number of hydrogen-bond donors (Lipinski definition) is 3. The van der Waals surface area contributed by atoms with Crippen molar-refractivity contribution in [1.29, 1.82) is 0 Å². The van der Waals surface area contributed by atoms with Crippen LogP contribution in [0.15, 0.2) is 72.8 Å². The Bertz CT molecular complexity index is 2840. The summed E-state index contributed by atoms with van der Waals surface area (Å²) in [7, 11) is 0. The number of amides is 5. The molecule has 5 amide bonds. The highest BCUT2D eigenvalue weighted by Gasteiger charge is 2.36. The molecule has 0 bridgehead atoms. The molecule has 0 saturated carbocycles. The van der Waals surface area contributed by atoms with Gasteiger partial charge in [0, 0.05) is 105 Å². The molecule has 0 atom stereocenters. The lowest BCUT2D eigenvalue weighted by Gasteiger charge is -2.40. The van der Waals surface area contributed by atoms with Crippen molar-refractivity contribution >= 4 is 64.1 Å². The zero-order chi connectivity index (χ0) is 49.4.